The Balaban J connectivity index is 2.02. The summed E-state index contributed by atoms with van der Waals surface area (Å²) in [5.74, 6) is 2.27. The Labute approximate surface area is 138 Å². The van der Waals surface area contributed by atoms with Crippen molar-refractivity contribution < 1.29 is 14.6 Å². The Bertz CT molecular complexity index is 605. The molecule has 0 spiro atoms. The SMILES string of the molecule is COc1cc(CC(C)NCC2=C(O)CCC=C2)c(OC)cc1C. The van der Waals surface area contributed by atoms with Crippen molar-refractivity contribution in [1.82, 2.24) is 5.32 Å². The molecule has 0 aliphatic heterocycles. The van der Waals surface area contributed by atoms with Gasteiger partial charge in [-0.15, -0.1) is 0 Å². The zero-order valence-electron chi connectivity index (χ0n) is 14.5. The van der Waals surface area contributed by atoms with E-state index in [4.69, 9.17) is 9.47 Å². The fraction of sp³-hybridized carbons (Fsp3) is 0.474. The summed E-state index contributed by atoms with van der Waals surface area (Å²) in [6.07, 6.45) is 6.61. The normalized spacial score (nSPS) is 15.7. The molecule has 0 saturated carbocycles. The lowest BCUT2D eigenvalue weighted by Crippen LogP contribution is -2.30. The Morgan fingerprint density at radius 2 is 1.96 bits per heavy atom. The maximum Gasteiger partial charge on any atom is 0.122 e. The number of aryl methyl sites for hydroxylation is 1. The lowest BCUT2D eigenvalue weighted by molar-refractivity contribution is 0.377. The van der Waals surface area contributed by atoms with Crippen LogP contribution in [0.3, 0.4) is 0 Å². The van der Waals surface area contributed by atoms with Gasteiger partial charge in [-0.05, 0) is 49.9 Å². The first kappa shape index (κ1) is 17.4. The molecule has 1 aromatic carbocycles. The van der Waals surface area contributed by atoms with Crippen LogP contribution in [0.1, 0.15) is 30.9 Å². The summed E-state index contributed by atoms with van der Waals surface area (Å²) >= 11 is 0. The standard InChI is InChI=1S/C19H27NO3/c1-13-9-19(23-4)16(11-18(13)22-3)10-14(2)20-12-15-7-5-6-8-17(15)21/h5,7,9,11,14,20-21H,6,8,10,12H2,1-4H3. The molecular weight excluding hydrogens is 290 g/mol. The van der Waals surface area contributed by atoms with Crippen molar-refractivity contribution in [2.45, 2.75) is 39.2 Å². The Morgan fingerprint density at radius 3 is 2.61 bits per heavy atom. The summed E-state index contributed by atoms with van der Waals surface area (Å²) in [6, 6.07) is 4.31. The topological polar surface area (TPSA) is 50.7 Å². The fourth-order valence-electron chi connectivity index (χ4n) is 2.82. The largest absolute Gasteiger partial charge is 0.512 e. The average Bonchev–Trinajstić information content (AvgIpc) is 2.55. The Morgan fingerprint density at radius 1 is 1.22 bits per heavy atom. The van der Waals surface area contributed by atoms with Gasteiger partial charge in [0, 0.05) is 24.6 Å². The number of aliphatic hydroxyl groups excluding tert-OH is 1. The van der Waals surface area contributed by atoms with Gasteiger partial charge in [-0.25, -0.2) is 0 Å². The zero-order chi connectivity index (χ0) is 16.8. The number of benzene rings is 1. The van der Waals surface area contributed by atoms with Gasteiger partial charge in [0.1, 0.15) is 11.5 Å². The molecule has 1 aliphatic carbocycles. The molecule has 0 radical (unpaired) electrons. The van der Waals surface area contributed by atoms with Crippen LogP contribution in [0.4, 0.5) is 0 Å². The molecule has 1 unspecified atom stereocenters. The first-order valence-electron chi connectivity index (χ1n) is 8.07. The quantitative estimate of drug-likeness (QED) is 0.805. The predicted octanol–water partition coefficient (Wildman–Crippen LogP) is 3.69. The van der Waals surface area contributed by atoms with Gasteiger partial charge >= 0.3 is 0 Å². The summed E-state index contributed by atoms with van der Waals surface area (Å²) in [5.41, 5.74) is 3.17. The highest BCUT2D eigenvalue weighted by molar-refractivity contribution is 5.46. The van der Waals surface area contributed by atoms with Crippen LogP contribution in [0.2, 0.25) is 0 Å². The predicted molar refractivity (Wildman–Crippen MR) is 93.5 cm³/mol. The average molecular weight is 317 g/mol. The molecule has 0 bridgehead atoms. The Hall–Kier alpha value is -1.94. The van der Waals surface area contributed by atoms with Gasteiger partial charge in [0.25, 0.3) is 0 Å². The van der Waals surface area contributed by atoms with Crippen molar-refractivity contribution in [3.8, 4) is 11.5 Å². The second-order valence-electron chi connectivity index (χ2n) is 6.03. The van der Waals surface area contributed by atoms with E-state index in [0.29, 0.717) is 12.3 Å². The zero-order valence-corrected chi connectivity index (χ0v) is 14.5. The third kappa shape index (κ3) is 4.52. The van der Waals surface area contributed by atoms with Crippen LogP contribution < -0.4 is 14.8 Å². The van der Waals surface area contributed by atoms with E-state index in [1.54, 1.807) is 14.2 Å². The minimum atomic E-state index is 0.256. The van der Waals surface area contributed by atoms with Crippen LogP contribution >= 0.6 is 0 Å². The molecule has 126 valence electrons. The van der Waals surface area contributed by atoms with E-state index >= 15 is 0 Å². The summed E-state index contributed by atoms with van der Waals surface area (Å²) in [7, 11) is 3.38. The maximum atomic E-state index is 9.90. The van der Waals surface area contributed by atoms with E-state index in [1.165, 1.54) is 0 Å². The minimum absolute atomic E-state index is 0.256. The van der Waals surface area contributed by atoms with Crippen LogP contribution in [0.15, 0.2) is 35.6 Å². The highest BCUT2D eigenvalue weighted by Crippen LogP contribution is 2.29. The highest BCUT2D eigenvalue weighted by atomic mass is 16.5. The van der Waals surface area contributed by atoms with Crippen LogP contribution in [-0.4, -0.2) is 31.9 Å². The number of methoxy groups -OCH3 is 2. The summed E-state index contributed by atoms with van der Waals surface area (Å²) in [6.45, 7) is 4.82. The van der Waals surface area contributed by atoms with Gasteiger partial charge < -0.3 is 19.9 Å². The van der Waals surface area contributed by atoms with Crippen molar-refractivity contribution in [2.75, 3.05) is 20.8 Å². The van der Waals surface area contributed by atoms with Gasteiger partial charge in [-0.1, -0.05) is 12.2 Å². The molecule has 23 heavy (non-hydrogen) atoms. The molecule has 1 atom stereocenters. The second-order valence-corrected chi connectivity index (χ2v) is 6.03. The van der Waals surface area contributed by atoms with E-state index in [1.807, 2.05) is 25.1 Å². The maximum absolute atomic E-state index is 9.90. The number of rotatable bonds is 7. The number of nitrogens with one attached hydrogen (secondary N) is 1. The number of hydrogen-bond acceptors (Lipinski definition) is 4. The molecule has 0 saturated heterocycles. The van der Waals surface area contributed by atoms with Gasteiger partial charge in [0.05, 0.1) is 20.0 Å². The first-order valence-corrected chi connectivity index (χ1v) is 8.07. The Kier molecular flexibility index (Phi) is 6.11. The molecule has 1 aromatic rings. The van der Waals surface area contributed by atoms with E-state index in [2.05, 4.69) is 18.3 Å². The molecule has 0 heterocycles. The lowest BCUT2D eigenvalue weighted by Gasteiger charge is -2.19. The van der Waals surface area contributed by atoms with Crippen molar-refractivity contribution >= 4 is 0 Å². The molecule has 0 fully saturated rings. The number of hydrogen-bond donors (Lipinski definition) is 2. The van der Waals surface area contributed by atoms with Crippen molar-refractivity contribution in [3.05, 3.63) is 46.7 Å². The summed E-state index contributed by atoms with van der Waals surface area (Å²) in [4.78, 5) is 0. The third-order valence-corrected chi connectivity index (χ3v) is 4.20. The van der Waals surface area contributed by atoms with E-state index in [0.717, 1.165) is 47.5 Å². The molecule has 0 aromatic heterocycles. The molecule has 4 heteroatoms. The van der Waals surface area contributed by atoms with Gasteiger partial charge in [0.2, 0.25) is 0 Å². The summed E-state index contributed by atoms with van der Waals surface area (Å²) in [5, 5.41) is 13.4. The van der Waals surface area contributed by atoms with Crippen molar-refractivity contribution in [2.24, 2.45) is 0 Å². The van der Waals surface area contributed by atoms with E-state index < -0.39 is 0 Å². The third-order valence-electron chi connectivity index (χ3n) is 4.20. The van der Waals surface area contributed by atoms with Crippen LogP contribution in [0.5, 0.6) is 11.5 Å². The summed E-state index contributed by atoms with van der Waals surface area (Å²) < 4.78 is 10.9. The molecule has 2 rings (SSSR count). The minimum Gasteiger partial charge on any atom is -0.512 e. The van der Waals surface area contributed by atoms with Gasteiger partial charge in [-0.3, -0.25) is 0 Å². The van der Waals surface area contributed by atoms with E-state index in [9.17, 15) is 5.11 Å². The molecular formula is C19H27NO3. The van der Waals surface area contributed by atoms with Crippen molar-refractivity contribution in [3.63, 3.8) is 0 Å². The van der Waals surface area contributed by atoms with Crippen LogP contribution in [0.25, 0.3) is 0 Å². The monoisotopic (exact) mass is 317 g/mol. The van der Waals surface area contributed by atoms with Crippen LogP contribution in [0, 0.1) is 6.92 Å². The van der Waals surface area contributed by atoms with Gasteiger partial charge in [0.15, 0.2) is 0 Å². The van der Waals surface area contributed by atoms with Crippen LogP contribution in [-0.2, 0) is 6.42 Å². The first-order chi connectivity index (χ1) is 11.0. The smallest absolute Gasteiger partial charge is 0.122 e. The number of aliphatic hydroxyl groups is 1. The van der Waals surface area contributed by atoms with Crippen molar-refractivity contribution in [1.29, 1.82) is 0 Å². The lowest BCUT2D eigenvalue weighted by atomic mass is 10.0. The number of allylic oxidation sites excluding steroid dienone is 2. The highest BCUT2D eigenvalue weighted by Gasteiger charge is 2.13. The van der Waals surface area contributed by atoms with Gasteiger partial charge in [-0.2, -0.15) is 0 Å². The molecule has 1 aliphatic rings. The second kappa shape index (κ2) is 8.06. The molecule has 4 nitrogen and oxygen atoms in total. The molecule has 2 N–H and O–H groups in total. The number of ether oxygens (including phenoxy) is 2. The fourth-order valence-corrected chi connectivity index (χ4v) is 2.82. The van der Waals surface area contributed by atoms with E-state index in [-0.39, 0.29) is 6.04 Å². The molecule has 0 amide bonds.